The molecule has 0 atom stereocenters. The lowest BCUT2D eigenvalue weighted by Gasteiger charge is -2.16. The molecule has 94 valence electrons. The van der Waals surface area contributed by atoms with E-state index >= 15 is 0 Å². The second kappa shape index (κ2) is 5.32. The van der Waals surface area contributed by atoms with Crippen molar-refractivity contribution in [2.45, 2.75) is 20.3 Å². The fourth-order valence-electron chi connectivity index (χ4n) is 2.00. The molecule has 0 fully saturated rings. The minimum absolute atomic E-state index is 0.639. The minimum Gasteiger partial charge on any atom is -0.397 e. The quantitative estimate of drug-likeness (QED) is 0.796. The maximum absolute atomic E-state index is 6.18. The summed E-state index contributed by atoms with van der Waals surface area (Å²) in [5, 5.41) is 4.01. The molecule has 0 spiro atoms. The van der Waals surface area contributed by atoms with Crippen LogP contribution in [-0.2, 0) is 6.42 Å². The summed E-state index contributed by atoms with van der Waals surface area (Å²) in [7, 11) is 0. The smallest absolute Gasteiger partial charge is 0.0807 e. The summed E-state index contributed by atoms with van der Waals surface area (Å²) in [6, 6.07) is 11.8. The van der Waals surface area contributed by atoms with Crippen LogP contribution >= 0.6 is 11.6 Å². The molecular formula is C15H17ClN2. The number of hydrogen-bond acceptors (Lipinski definition) is 2. The summed E-state index contributed by atoms with van der Waals surface area (Å²) in [5.41, 5.74) is 10.9. The summed E-state index contributed by atoms with van der Waals surface area (Å²) in [4.78, 5) is 0. The van der Waals surface area contributed by atoms with E-state index in [4.69, 9.17) is 17.3 Å². The zero-order valence-corrected chi connectivity index (χ0v) is 11.4. The lowest BCUT2D eigenvalue weighted by Crippen LogP contribution is -2.01. The van der Waals surface area contributed by atoms with Gasteiger partial charge in [-0.15, -0.1) is 0 Å². The summed E-state index contributed by atoms with van der Waals surface area (Å²) in [6.45, 7) is 4.21. The predicted octanol–water partition coefficient (Wildman–Crippen LogP) is 4.54. The summed E-state index contributed by atoms with van der Waals surface area (Å²) in [6.07, 6.45) is 0.967. The molecular weight excluding hydrogens is 244 g/mol. The number of para-hydroxylation sites is 2. The topological polar surface area (TPSA) is 38.0 Å². The van der Waals surface area contributed by atoms with Gasteiger partial charge in [0.15, 0.2) is 0 Å². The molecule has 0 radical (unpaired) electrons. The average molecular weight is 261 g/mol. The van der Waals surface area contributed by atoms with Crippen molar-refractivity contribution in [3.63, 3.8) is 0 Å². The van der Waals surface area contributed by atoms with Gasteiger partial charge in [0, 0.05) is 5.69 Å². The monoisotopic (exact) mass is 260 g/mol. The molecule has 0 heterocycles. The van der Waals surface area contributed by atoms with Crippen molar-refractivity contribution >= 4 is 28.7 Å². The Kier molecular flexibility index (Phi) is 3.78. The number of nitrogens with two attached hydrogens (primary N) is 1. The number of aryl methyl sites for hydroxylation is 2. The molecule has 2 rings (SSSR count). The zero-order chi connectivity index (χ0) is 13.1. The Morgan fingerprint density at radius 1 is 1.11 bits per heavy atom. The van der Waals surface area contributed by atoms with Crippen LogP contribution in [-0.4, -0.2) is 0 Å². The van der Waals surface area contributed by atoms with Crippen LogP contribution in [0, 0.1) is 6.92 Å². The standard InChI is InChI=1S/C15H17ClN2/c1-3-11-7-4-6-10(2)14(11)18-15-12(16)8-5-9-13(15)17/h4-9,18H,3,17H2,1-2H3. The Hall–Kier alpha value is -1.67. The molecule has 2 aromatic rings. The van der Waals surface area contributed by atoms with E-state index in [1.54, 1.807) is 0 Å². The van der Waals surface area contributed by atoms with Crippen LogP contribution in [0.1, 0.15) is 18.1 Å². The van der Waals surface area contributed by atoms with Gasteiger partial charge in [0.05, 0.1) is 16.4 Å². The van der Waals surface area contributed by atoms with Crippen molar-refractivity contribution in [1.29, 1.82) is 0 Å². The molecule has 0 unspecified atom stereocenters. The largest absolute Gasteiger partial charge is 0.397 e. The van der Waals surface area contributed by atoms with E-state index in [1.165, 1.54) is 11.1 Å². The third-order valence-electron chi connectivity index (χ3n) is 3.04. The molecule has 0 bridgehead atoms. The summed E-state index contributed by atoms with van der Waals surface area (Å²) >= 11 is 6.18. The fraction of sp³-hybridized carbons (Fsp3) is 0.200. The Labute approximate surface area is 113 Å². The molecule has 0 aliphatic rings. The summed E-state index contributed by atoms with van der Waals surface area (Å²) in [5.74, 6) is 0. The predicted molar refractivity (Wildman–Crippen MR) is 79.7 cm³/mol. The molecule has 0 aliphatic carbocycles. The van der Waals surface area contributed by atoms with E-state index in [0.29, 0.717) is 10.7 Å². The zero-order valence-electron chi connectivity index (χ0n) is 10.6. The van der Waals surface area contributed by atoms with E-state index < -0.39 is 0 Å². The lowest BCUT2D eigenvalue weighted by atomic mass is 10.1. The number of hydrogen-bond donors (Lipinski definition) is 2. The Balaban J connectivity index is 2.46. The van der Waals surface area contributed by atoms with Crippen LogP contribution < -0.4 is 11.1 Å². The van der Waals surface area contributed by atoms with Crippen molar-refractivity contribution in [2.24, 2.45) is 0 Å². The van der Waals surface area contributed by atoms with Crippen molar-refractivity contribution in [2.75, 3.05) is 11.1 Å². The molecule has 3 heteroatoms. The van der Waals surface area contributed by atoms with E-state index in [0.717, 1.165) is 17.8 Å². The molecule has 0 aromatic heterocycles. The normalized spacial score (nSPS) is 10.4. The maximum Gasteiger partial charge on any atom is 0.0807 e. The van der Waals surface area contributed by atoms with Gasteiger partial charge in [-0.2, -0.15) is 0 Å². The first-order valence-corrected chi connectivity index (χ1v) is 6.40. The molecule has 2 nitrogen and oxygen atoms in total. The van der Waals surface area contributed by atoms with Gasteiger partial charge >= 0.3 is 0 Å². The number of nitrogen functional groups attached to an aromatic ring is 1. The van der Waals surface area contributed by atoms with E-state index in [2.05, 4.69) is 37.4 Å². The van der Waals surface area contributed by atoms with Gasteiger partial charge in [-0.05, 0) is 36.6 Å². The second-order valence-electron chi connectivity index (χ2n) is 4.29. The van der Waals surface area contributed by atoms with Gasteiger partial charge in [-0.1, -0.05) is 42.8 Å². The highest BCUT2D eigenvalue weighted by molar-refractivity contribution is 6.34. The van der Waals surface area contributed by atoms with Crippen molar-refractivity contribution < 1.29 is 0 Å². The minimum atomic E-state index is 0.639. The average Bonchev–Trinajstić information content (AvgIpc) is 2.35. The Morgan fingerprint density at radius 3 is 2.50 bits per heavy atom. The van der Waals surface area contributed by atoms with Crippen LogP contribution in [0.25, 0.3) is 0 Å². The SMILES string of the molecule is CCc1cccc(C)c1Nc1c(N)cccc1Cl. The number of anilines is 3. The van der Waals surface area contributed by atoms with Crippen LogP contribution in [0.15, 0.2) is 36.4 Å². The number of rotatable bonds is 3. The molecule has 0 saturated carbocycles. The highest BCUT2D eigenvalue weighted by atomic mass is 35.5. The molecule has 18 heavy (non-hydrogen) atoms. The Morgan fingerprint density at radius 2 is 1.83 bits per heavy atom. The first-order valence-electron chi connectivity index (χ1n) is 6.03. The molecule has 0 amide bonds. The third-order valence-corrected chi connectivity index (χ3v) is 3.35. The maximum atomic E-state index is 6.18. The molecule has 0 saturated heterocycles. The first kappa shape index (κ1) is 12.8. The Bertz CT molecular complexity index is 544. The number of halogens is 1. The van der Waals surface area contributed by atoms with Crippen molar-refractivity contribution in [3.05, 3.63) is 52.5 Å². The number of benzene rings is 2. The van der Waals surface area contributed by atoms with Crippen LogP contribution in [0.3, 0.4) is 0 Å². The van der Waals surface area contributed by atoms with Crippen molar-refractivity contribution in [1.82, 2.24) is 0 Å². The summed E-state index contributed by atoms with van der Waals surface area (Å²) < 4.78 is 0. The van der Waals surface area contributed by atoms with E-state index in [-0.39, 0.29) is 0 Å². The van der Waals surface area contributed by atoms with Gasteiger partial charge in [0.1, 0.15) is 0 Å². The molecule has 2 aromatic carbocycles. The highest BCUT2D eigenvalue weighted by Gasteiger charge is 2.09. The van der Waals surface area contributed by atoms with Gasteiger partial charge < -0.3 is 11.1 Å². The van der Waals surface area contributed by atoms with Crippen molar-refractivity contribution in [3.8, 4) is 0 Å². The van der Waals surface area contributed by atoms with Gasteiger partial charge in [-0.3, -0.25) is 0 Å². The van der Waals surface area contributed by atoms with Crippen LogP contribution in [0.5, 0.6) is 0 Å². The second-order valence-corrected chi connectivity index (χ2v) is 4.70. The van der Waals surface area contributed by atoms with Crippen LogP contribution in [0.2, 0.25) is 5.02 Å². The highest BCUT2D eigenvalue weighted by Crippen LogP contribution is 2.33. The van der Waals surface area contributed by atoms with Gasteiger partial charge in [-0.25, -0.2) is 0 Å². The van der Waals surface area contributed by atoms with Gasteiger partial charge in [0.2, 0.25) is 0 Å². The van der Waals surface area contributed by atoms with Crippen LogP contribution in [0.4, 0.5) is 17.1 Å². The lowest BCUT2D eigenvalue weighted by molar-refractivity contribution is 1.13. The van der Waals surface area contributed by atoms with E-state index in [1.807, 2.05) is 18.2 Å². The first-order chi connectivity index (χ1) is 8.63. The fourth-order valence-corrected chi connectivity index (χ4v) is 2.23. The number of nitrogens with one attached hydrogen (secondary N) is 1. The van der Waals surface area contributed by atoms with E-state index in [9.17, 15) is 0 Å². The molecule has 0 aliphatic heterocycles. The van der Waals surface area contributed by atoms with Gasteiger partial charge in [0.25, 0.3) is 0 Å². The molecule has 3 N–H and O–H groups in total. The third kappa shape index (κ3) is 2.44.